The molecule has 4 aliphatic carbocycles. The van der Waals surface area contributed by atoms with Crippen molar-refractivity contribution in [3.05, 3.63) is 11.6 Å². The molecule has 186 valence electrons. The van der Waals surface area contributed by atoms with Crippen LogP contribution in [0.5, 0.6) is 0 Å². The van der Waals surface area contributed by atoms with Crippen molar-refractivity contribution in [1.29, 1.82) is 0 Å². The Morgan fingerprint density at radius 1 is 1.06 bits per heavy atom. The van der Waals surface area contributed by atoms with Gasteiger partial charge in [-0.1, -0.05) is 67.0 Å². The molecule has 8 atom stereocenters. The first kappa shape index (κ1) is 25.1. The van der Waals surface area contributed by atoms with Gasteiger partial charge in [0.2, 0.25) is 0 Å². The van der Waals surface area contributed by atoms with Crippen LogP contribution in [0.25, 0.3) is 0 Å². The zero-order chi connectivity index (χ0) is 24.6. The van der Waals surface area contributed by atoms with Crippen molar-refractivity contribution in [3.8, 4) is 0 Å². The van der Waals surface area contributed by atoms with Crippen molar-refractivity contribution in [2.75, 3.05) is 0 Å². The molecule has 0 aromatic rings. The second-order valence-corrected chi connectivity index (χ2v) is 13.9. The monoisotopic (exact) mass is 456 g/mol. The topological polar surface area (TPSA) is 54.4 Å². The summed E-state index contributed by atoms with van der Waals surface area (Å²) in [5, 5.41) is 10.3. The molecule has 0 aromatic carbocycles. The summed E-state index contributed by atoms with van der Waals surface area (Å²) in [6.07, 6.45) is 9.82. The van der Waals surface area contributed by atoms with E-state index >= 15 is 0 Å². The molecule has 3 saturated carbocycles. The van der Waals surface area contributed by atoms with Crippen molar-refractivity contribution in [2.24, 2.45) is 51.2 Å². The third-order valence-corrected chi connectivity index (χ3v) is 11.8. The third-order valence-electron chi connectivity index (χ3n) is 11.8. The number of allylic oxidation sites excluding steroid dienone is 2. The lowest BCUT2D eigenvalue weighted by atomic mass is 9.41. The first-order chi connectivity index (χ1) is 15.2. The fourth-order valence-corrected chi connectivity index (χ4v) is 9.42. The Morgan fingerprint density at radius 3 is 2.36 bits per heavy atom. The third kappa shape index (κ3) is 3.46. The molecule has 0 aromatic heterocycles. The summed E-state index contributed by atoms with van der Waals surface area (Å²) < 4.78 is 0. The van der Waals surface area contributed by atoms with Gasteiger partial charge in [-0.25, -0.2) is 0 Å². The zero-order valence-electron chi connectivity index (χ0n) is 22.5. The average molecular weight is 457 g/mol. The normalized spacial score (nSPS) is 43.9. The summed E-state index contributed by atoms with van der Waals surface area (Å²) in [4.78, 5) is 25.5. The molecule has 0 saturated heterocycles. The summed E-state index contributed by atoms with van der Waals surface area (Å²) in [5.41, 5.74) is 2.05. The van der Waals surface area contributed by atoms with Crippen LogP contribution < -0.4 is 0 Å². The van der Waals surface area contributed by atoms with E-state index in [2.05, 4.69) is 47.6 Å². The fourth-order valence-electron chi connectivity index (χ4n) is 9.42. The number of carbonyl (C=O) groups excluding carboxylic acids is 2. The van der Waals surface area contributed by atoms with Crippen LogP contribution in [0.1, 0.15) is 107 Å². The highest BCUT2D eigenvalue weighted by Crippen LogP contribution is 2.73. The Morgan fingerprint density at radius 2 is 1.73 bits per heavy atom. The number of hydrogen-bond donors (Lipinski definition) is 1. The molecule has 3 heteroatoms. The predicted octanol–water partition coefficient (Wildman–Crippen LogP) is 6.77. The van der Waals surface area contributed by atoms with E-state index < -0.39 is 6.10 Å². The second kappa shape index (κ2) is 8.04. The van der Waals surface area contributed by atoms with E-state index in [4.69, 9.17) is 0 Å². The van der Waals surface area contributed by atoms with Crippen LogP contribution in [0, 0.1) is 51.2 Å². The maximum atomic E-state index is 12.8. The molecular formula is C30H48O3. The molecule has 0 bridgehead atoms. The Bertz CT molecular complexity index is 853. The van der Waals surface area contributed by atoms with Crippen molar-refractivity contribution in [2.45, 2.75) is 113 Å². The molecule has 0 spiro atoms. The van der Waals surface area contributed by atoms with Gasteiger partial charge in [0.25, 0.3) is 0 Å². The Labute approximate surface area is 202 Å². The highest BCUT2D eigenvalue weighted by Gasteiger charge is 2.65. The van der Waals surface area contributed by atoms with E-state index in [-0.39, 0.29) is 33.4 Å². The molecule has 33 heavy (non-hydrogen) atoms. The number of ketones is 2. The van der Waals surface area contributed by atoms with Crippen LogP contribution >= 0.6 is 0 Å². The largest absolute Gasteiger partial charge is 0.385 e. The molecule has 4 aliphatic rings. The van der Waals surface area contributed by atoms with Crippen molar-refractivity contribution in [3.63, 3.8) is 0 Å². The van der Waals surface area contributed by atoms with E-state index in [1.54, 1.807) is 5.57 Å². The van der Waals surface area contributed by atoms with Crippen molar-refractivity contribution >= 4 is 11.6 Å². The molecule has 3 fully saturated rings. The first-order valence-corrected chi connectivity index (χ1v) is 13.6. The maximum Gasteiger partial charge on any atom is 0.161 e. The van der Waals surface area contributed by atoms with Crippen molar-refractivity contribution in [1.82, 2.24) is 0 Å². The first-order valence-electron chi connectivity index (χ1n) is 13.6. The van der Waals surface area contributed by atoms with E-state index in [0.29, 0.717) is 35.9 Å². The van der Waals surface area contributed by atoms with Gasteiger partial charge in [0.05, 0.1) is 0 Å². The number of fused-ring (bicyclic) bond motifs is 5. The Balaban J connectivity index is 1.62. The minimum Gasteiger partial charge on any atom is -0.385 e. The molecule has 1 N–H and O–H groups in total. The summed E-state index contributed by atoms with van der Waals surface area (Å²) in [6.45, 7) is 18.0. The number of Topliss-reactive ketones (excluding diaryl/α,β-unsaturated/α-hetero) is 2. The fraction of sp³-hybridized carbons (Fsp3) is 0.867. The highest BCUT2D eigenvalue weighted by molar-refractivity contribution is 5.85. The molecule has 0 aliphatic heterocycles. The quantitative estimate of drug-likeness (QED) is 0.464. The molecule has 0 radical (unpaired) electrons. The van der Waals surface area contributed by atoms with E-state index in [1.807, 2.05) is 13.8 Å². The standard InChI is InChI=1S/C30H48O3/c1-18(2)26(33)23(31)17-19(3)20-11-15-30(8)22-9-10-24-27(4,5)25(32)13-14-28(24,6)21(22)12-16-29(20,30)7/h9,18-21,24,26,33H,10-17H2,1-8H3. The lowest BCUT2D eigenvalue weighted by molar-refractivity contribution is -0.146. The molecule has 4 rings (SSSR count). The van der Waals surface area contributed by atoms with Gasteiger partial charge in [0.1, 0.15) is 11.9 Å². The molecule has 0 heterocycles. The van der Waals surface area contributed by atoms with E-state index in [9.17, 15) is 14.7 Å². The van der Waals surface area contributed by atoms with Crippen LogP contribution in [0.4, 0.5) is 0 Å². The van der Waals surface area contributed by atoms with Gasteiger partial charge in [0, 0.05) is 18.3 Å². The lowest BCUT2D eigenvalue weighted by Gasteiger charge is -2.63. The zero-order valence-corrected chi connectivity index (χ0v) is 22.5. The van der Waals surface area contributed by atoms with Gasteiger partial charge in [-0.3, -0.25) is 9.59 Å². The predicted molar refractivity (Wildman–Crippen MR) is 134 cm³/mol. The van der Waals surface area contributed by atoms with E-state index in [1.165, 1.54) is 25.7 Å². The minimum absolute atomic E-state index is 0.0164. The van der Waals surface area contributed by atoms with Gasteiger partial charge in [-0.2, -0.15) is 0 Å². The number of aliphatic hydroxyl groups excluding tert-OH is 1. The van der Waals surface area contributed by atoms with E-state index in [0.717, 1.165) is 19.3 Å². The summed E-state index contributed by atoms with van der Waals surface area (Å²) >= 11 is 0. The lowest BCUT2D eigenvalue weighted by Crippen LogP contribution is -2.57. The smallest absolute Gasteiger partial charge is 0.161 e. The minimum atomic E-state index is -0.834. The van der Waals surface area contributed by atoms with Crippen LogP contribution in [0.2, 0.25) is 0 Å². The molecule has 3 nitrogen and oxygen atoms in total. The van der Waals surface area contributed by atoms with Crippen LogP contribution in [-0.4, -0.2) is 22.8 Å². The van der Waals surface area contributed by atoms with Crippen LogP contribution in [0.3, 0.4) is 0 Å². The van der Waals surface area contributed by atoms with Crippen LogP contribution in [0.15, 0.2) is 11.6 Å². The average Bonchev–Trinajstić information content (AvgIpc) is 3.02. The molecule has 8 unspecified atom stereocenters. The van der Waals surface area contributed by atoms with Gasteiger partial charge >= 0.3 is 0 Å². The van der Waals surface area contributed by atoms with Gasteiger partial charge in [0.15, 0.2) is 5.78 Å². The van der Waals surface area contributed by atoms with Crippen LogP contribution in [-0.2, 0) is 9.59 Å². The Hall–Kier alpha value is -0.960. The number of aliphatic hydroxyl groups is 1. The number of rotatable bonds is 5. The summed E-state index contributed by atoms with van der Waals surface area (Å²) in [7, 11) is 0. The molecule has 0 amide bonds. The number of carbonyl (C=O) groups is 2. The van der Waals surface area contributed by atoms with Crippen molar-refractivity contribution < 1.29 is 14.7 Å². The maximum absolute atomic E-state index is 12.8. The highest BCUT2D eigenvalue weighted by atomic mass is 16.3. The van der Waals surface area contributed by atoms with Gasteiger partial charge < -0.3 is 5.11 Å². The molecular weight excluding hydrogens is 408 g/mol. The summed E-state index contributed by atoms with van der Waals surface area (Å²) in [5.74, 6) is 2.30. The number of hydrogen-bond acceptors (Lipinski definition) is 3. The second-order valence-electron chi connectivity index (χ2n) is 13.9. The SMILES string of the molecule is CC(C)C(O)C(=O)CC(C)C1CCC2(C)C3=CCC4C(C)(C)C(=O)CCC4(C)C3CCC12C. The summed E-state index contributed by atoms with van der Waals surface area (Å²) in [6, 6.07) is 0. The Kier molecular flexibility index (Phi) is 6.12. The van der Waals surface area contributed by atoms with Gasteiger partial charge in [-0.05, 0) is 84.4 Å². The van der Waals surface area contributed by atoms with Gasteiger partial charge in [-0.15, -0.1) is 0 Å².